The quantitative estimate of drug-likeness (QED) is 0.522. The Hall–Kier alpha value is -2.40. The number of thiazole rings is 1. The molecule has 5 heteroatoms. The van der Waals surface area contributed by atoms with Gasteiger partial charge in [0.05, 0.1) is 6.54 Å². The first-order valence-electron chi connectivity index (χ1n) is 8.66. The van der Waals surface area contributed by atoms with Gasteiger partial charge in [0.1, 0.15) is 5.01 Å². The molecule has 0 radical (unpaired) electrons. The van der Waals surface area contributed by atoms with Crippen LogP contribution in [0.2, 0.25) is 0 Å². The van der Waals surface area contributed by atoms with E-state index >= 15 is 0 Å². The van der Waals surface area contributed by atoms with E-state index in [0.717, 1.165) is 30.5 Å². The van der Waals surface area contributed by atoms with Gasteiger partial charge >= 0.3 is 0 Å². The highest BCUT2D eigenvalue weighted by atomic mass is 32.1. The van der Waals surface area contributed by atoms with Crippen LogP contribution in [-0.2, 0) is 13.0 Å². The molecule has 0 atom stereocenters. The fourth-order valence-electron chi connectivity index (χ4n) is 2.68. The van der Waals surface area contributed by atoms with Crippen LogP contribution in [0.1, 0.15) is 22.4 Å². The molecular formula is C20H24N4S. The third-order valence-electron chi connectivity index (χ3n) is 3.91. The Labute approximate surface area is 153 Å². The second-order valence-electron chi connectivity index (χ2n) is 5.92. The minimum absolute atomic E-state index is 0.615. The fourth-order valence-corrected chi connectivity index (χ4v) is 3.39. The summed E-state index contributed by atoms with van der Waals surface area (Å²) < 4.78 is 0. The molecule has 2 aromatic carbocycles. The van der Waals surface area contributed by atoms with Crippen molar-refractivity contribution >= 4 is 28.1 Å². The average molecular weight is 353 g/mol. The van der Waals surface area contributed by atoms with Gasteiger partial charge in [-0.25, -0.2) is 9.98 Å². The van der Waals surface area contributed by atoms with E-state index in [1.54, 1.807) is 11.3 Å². The van der Waals surface area contributed by atoms with E-state index < -0.39 is 0 Å². The van der Waals surface area contributed by atoms with Crippen LogP contribution in [0.4, 0.5) is 0 Å². The van der Waals surface area contributed by atoms with Crippen molar-refractivity contribution in [1.82, 2.24) is 15.6 Å². The molecule has 0 spiro atoms. The normalized spacial score (nSPS) is 11.7. The smallest absolute Gasteiger partial charge is 0.191 e. The number of aryl methyl sites for hydroxylation is 1. The zero-order valence-corrected chi connectivity index (χ0v) is 15.6. The van der Waals surface area contributed by atoms with Crippen molar-refractivity contribution in [3.05, 3.63) is 64.1 Å². The Morgan fingerprint density at radius 3 is 2.72 bits per heavy atom. The predicted molar refractivity (Wildman–Crippen MR) is 107 cm³/mol. The minimum atomic E-state index is 0.615. The number of hydrogen-bond donors (Lipinski definition) is 2. The lowest BCUT2D eigenvalue weighted by Gasteiger charge is -2.11. The molecular weight excluding hydrogens is 328 g/mol. The Balaban J connectivity index is 1.56. The van der Waals surface area contributed by atoms with Crippen LogP contribution >= 0.6 is 11.3 Å². The van der Waals surface area contributed by atoms with Crippen LogP contribution in [0, 0.1) is 6.92 Å². The zero-order chi connectivity index (χ0) is 17.5. The van der Waals surface area contributed by atoms with Crippen LogP contribution in [0.25, 0.3) is 10.8 Å². The van der Waals surface area contributed by atoms with Crippen molar-refractivity contribution in [1.29, 1.82) is 0 Å². The molecule has 1 aromatic heterocycles. The van der Waals surface area contributed by atoms with Gasteiger partial charge in [-0.05, 0) is 36.6 Å². The third kappa shape index (κ3) is 5.03. The van der Waals surface area contributed by atoms with Gasteiger partial charge in [-0.1, -0.05) is 42.5 Å². The van der Waals surface area contributed by atoms with Crippen molar-refractivity contribution < 1.29 is 0 Å². The molecule has 0 saturated carbocycles. The van der Waals surface area contributed by atoms with Gasteiger partial charge < -0.3 is 10.6 Å². The van der Waals surface area contributed by atoms with Gasteiger partial charge in [0, 0.05) is 24.2 Å². The lowest BCUT2D eigenvalue weighted by atomic mass is 10.1. The SMILES string of the molecule is CCNC(=NCc1ncc(C)s1)NCCc1ccc2ccccc2c1. The maximum absolute atomic E-state index is 4.62. The number of fused-ring (bicyclic) bond motifs is 1. The summed E-state index contributed by atoms with van der Waals surface area (Å²) in [6.45, 7) is 6.45. The standard InChI is InChI=1S/C20H24N4S/c1-3-21-20(24-14-19-23-13-15(2)25-19)22-11-10-16-8-9-17-6-4-5-7-18(17)12-16/h4-9,12-13H,3,10-11,14H2,1-2H3,(H2,21,22,24). The molecule has 3 aromatic rings. The van der Waals surface area contributed by atoms with E-state index in [0.29, 0.717) is 6.54 Å². The molecule has 0 fully saturated rings. The number of nitrogens with one attached hydrogen (secondary N) is 2. The summed E-state index contributed by atoms with van der Waals surface area (Å²) in [5, 5.41) is 10.3. The van der Waals surface area contributed by atoms with E-state index in [-0.39, 0.29) is 0 Å². The van der Waals surface area contributed by atoms with E-state index in [9.17, 15) is 0 Å². The number of nitrogens with zero attached hydrogens (tertiary/aromatic N) is 2. The highest BCUT2D eigenvalue weighted by molar-refractivity contribution is 7.11. The topological polar surface area (TPSA) is 49.3 Å². The van der Waals surface area contributed by atoms with Crippen LogP contribution < -0.4 is 10.6 Å². The predicted octanol–water partition coefficient (Wildman–Crippen LogP) is 3.90. The first kappa shape index (κ1) is 17.4. The first-order valence-corrected chi connectivity index (χ1v) is 9.47. The van der Waals surface area contributed by atoms with Gasteiger partial charge in [-0.15, -0.1) is 11.3 Å². The number of guanidine groups is 1. The van der Waals surface area contributed by atoms with Gasteiger partial charge in [0.2, 0.25) is 0 Å². The van der Waals surface area contributed by atoms with Gasteiger partial charge in [-0.3, -0.25) is 0 Å². The molecule has 0 unspecified atom stereocenters. The monoisotopic (exact) mass is 352 g/mol. The highest BCUT2D eigenvalue weighted by Gasteiger charge is 2.01. The average Bonchev–Trinajstić information content (AvgIpc) is 3.05. The largest absolute Gasteiger partial charge is 0.357 e. The Kier molecular flexibility index (Phi) is 6.01. The molecule has 0 bridgehead atoms. The second kappa shape index (κ2) is 8.62. The molecule has 1 heterocycles. The number of aromatic nitrogens is 1. The summed E-state index contributed by atoms with van der Waals surface area (Å²) in [4.78, 5) is 10.2. The minimum Gasteiger partial charge on any atom is -0.357 e. The Morgan fingerprint density at radius 2 is 1.96 bits per heavy atom. The van der Waals surface area contributed by atoms with E-state index in [1.165, 1.54) is 21.2 Å². The zero-order valence-electron chi connectivity index (χ0n) is 14.7. The molecule has 0 amide bonds. The fraction of sp³-hybridized carbons (Fsp3) is 0.300. The lowest BCUT2D eigenvalue weighted by Crippen LogP contribution is -2.38. The molecule has 4 nitrogen and oxygen atoms in total. The summed E-state index contributed by atoms with van der Waals surface area (Å²) in [6.07, 6.45) is 2.86. The molecule has 0 saturated heterocycles. The third-order valence-corrected chi connectivity index (χ3v) is 4.80. The van der Waals surface area contributed by atoms with E-state index in [2.05, 4.69) is 76.9 Å². The van der Waals surface area contributed by atoms with Crippen molar-refractivity contribution in [2.75, 3.05) is 13.1 Å². The molecule has 25 heavy (non-hydrogen) atoms. The lowest BCUT2D eigenvalue weighted by molar-refractivity contribution is 0.799. The molecule has 0 aliphatic heterocycles. The second-order valence-corrected chi connectivity index (χ2v) is 7.24. The maximum atomic E-state index is 4.62. The molecule has 3 rings (SSSR count). The van der Waals surface area contributed by atoms with Crippen LogP contribution in [0.3, 0.4) is 0 Å². The van der Waals surface area contributed by atoms with E-state index in [1.807, 2.05) is 6.20 Å². The van der Waals surface area contributed by atoms with Gasteiger partial charge in [0.25, 0.3) is 0 Å². The van der Waals surface area contributed by atoms with Crippen molar-refractivity contribution in [3.63, 3.8) is 0 Å². The molecule has 0 aliphatic rings. The van der Waals surface area contributed by atoms with Crippen molar-refractivity contribution in [2.24, 2.45) is 4.99 Å². The number of rotatable bonds is 6. The molecule has 2 N–H and O–H groups in total. The number of hydrogen-bond acceptors (Lipinski definition) is 3. The Morgan fingerprint density at radius 1 is 1.12 bits per heavy atom. The number of aliphatic imine (C=N–C) groups is 1. The van der Waals surface area contributed by atoms with Gasteiger partial charge in [0.15, 0.2) is 5.96 Å². The molecule has 0 aliphatic carbocycles. The van der Waals surface area contributed by atoms with Crippen molar-refractivity contribution in [2.45, 2.75) is 26.8 Å². The summed E-state index contributed by atoms with van der Waals surface area (Å²) >= 11 is 1.70. The van der Waals surface area contributed by atoms with E-state index in [4.69, 9.17) is 0 Å². The summed E-state index contributed by atoms with van der Waals surface area (Å²) in [5.41, 5.74) is 1.33. The number of benzene rings is 2. The van der Waals surface area contributed by atoms with Gasteiger partial charge in [-0.2, -0.15) is 0 Å². The summed E-state index contributed by atoms with van der Waals surface area (Å²) in [7, 11) is 0. The summed E-state index contributed by atoms with van der Waals surface area (Å²) in [5.74, 6) is 0.844. The first-order chi connectivity index (χ1) is 12.2. The highest BCUT2D eigenvalue weighted by Crippen LogP contribution is 2.15. The van der Waals surface area contributed by atoms with Crippen molar-refractivity contribution in [3.8, 4) is 0 Å². The van der Waals surface area contributed by atoms with Crippen LogP contribution in [-0.4, -0.2) is 24.0 Å². The molecule has 130 valence electrons. The van der Waals surface area contributed by atoms with Crippen LogP contribution in [0.5, 0.6) is 0 Å². The Bertz CT molecular complexity index is 854. The summed E-state index contributed by atoms with van der Waals surface area (Å²) in [6, 6.07) is 15.1. The maximum Gasteiger partial charge on any atom is 0.191 e. The van der Waals surface area contributed by atoms with Crippen LogP contribution in [0.15, 0.2) is 53.7 Å².